The molecular weight excluding hydrogens is 735 g/mol. The Morgan fingerprint density at radius 3 is 0.917 bits per heavy atom. The van der Waals surface area contributed by atoms with Gasteiger partial charge in [0, 0.05) is 6.42 Å². The number of amides is 1. The second-order valence-electron chi connectivity index (χ2n) is 19.4. The molecule has 0 aliphatic carbocycles. The number of nitrogens with one attached hydrogen (secondary N) is 1. The first-order valence-electron chi connectivity index (χ1n) is 27.9. The molecule has 60 heavy (non-hydrogen) atoms. The molecule has 0 rings (SSSR count). The highest BCUT2D eigenvalue weighted by atomic mass is 16.3. The molecule has 4 nitrogen and oxygen atoms in total. The SMILES string of the molecule is CCCCCCCCCC/C=C\CCCCCCCCCCCCCCCCCC(=O)NC(CO)C(O)CCCCCCCCCCCCCCCCCCCCCCC. The fourth-order valence-corrected chi connectivity index (χ4v) is 9.01. The van der Waals surface area contributed by atoms with Crippen LogP contribution in [-0.2, 0) is 4.79 Å². The van der Waals surface area contributed by atoms with Gasteiger partial charge in [-0.15, -0.1) is 0 Å². The van der Waals surface area contributed by atoms with Crippen molar-refractivity contribution >= 4 is 5.91 Å². The predicted octanol–water partition coefficient (Wildman–Crippen LogP) is 18.1. The molecule has 0 radical (unpaired) electrons. The van der Waals surface area contributed by atoms with Gasteiger partial charge in [-0.1, -0.05) is 289 Å². The van der Waals surface area contributed by atoms with Crippen molar-refractivity contribution in [1.29, 1.82) is 0 Å². The van der Waals surface area contributed by atoms with Gasteiger partial charge in [-0.25, -0.2) is 0 Å². The molecule has 358 valence electrons. The Balaban J connectivity index is 3.42. The molecule has 1 amide bonds. The summed E-state index contributed by atoms with van der Waals surface area (Å²) in [7, 11) is 0. The zero-order valence-corrected chi connectivity index (χ0v) is 41.3. The average molecular weight is 847 g/mol. The van der Waals surface area contributed by atoms with Gasteiger partial charge >= 0.3 is 0 Å². The summed E-state index contributed by atoms with van der Waals surface area (Å²) in [5.41, 5.74) is 0. The van der Waals surface area contributed by atoms with E-state index >= 15 is 0 Å². The van der Waals surface area contributed by atoms with Crippen molar-refractivity contribution in [3.8, 4) is 0 Å². The summed E-state index contributed by atoms with van der Waals surface area (Å²) in [6, 6.07) is -0.533. The second-order valence-corrected chi connectivity index (χ2v) is 19.4. The van der Waals surface area contributed by atoms with E-state index in [9.17, 15) is 15.0 Å². The van der Waals surface area contributed by atoms with Gasteiger partial charge in [0.1, 0.15) is 0 Å². The van der Waals surface area contributed by atoms with Gasteiger partial charge in [-0.05, 0) is 38.5 Å². The zero-order chi connectivity index (χ0) is 43.5. The lowest BCUT2D eigenvalue weighted by atomic mass is 10.0. The molecule has 0 heterocycles. The molecule has 0 aliphatic rings. The number of rotatable bonds is 52. The summed E-state index contributed by atoms with van der Waals surface area (Å²) in [5, 5.41) is 23.3. The van der Waals surface area contributed by atoms with Gasteiger partial charge in [0.15, 0.2) is 0 Å². The summed E-state index contributed by atoms with van der Waals surface area (Å²) >= 11 is 0. The Kier molecular flexibility index (Phi) is 51.7. The second kappa shape index (κ2) is 52.5. The first-order chi connectivity index (χ1) is 29.7. The molecule has 0 saturated heterocycles. The minimum atomic E-state index is -0.657. The number of aliphatic hydroxyl groups is 2. The number of hydrogen-bond acceptors (Lipinski definition) is 3. The van der Waals surface area contributed by atoms with Crippen LogP contribution in [-0.4, -0.2) is 34.9 Å². The van der Waals surface area contributed by atoms with Crippen LogP contribution in [0.2, 0.25) is 0 Å². The van der Waals surface area contributed by atoms with Gasteiger partial charge in [-0.3, -0.25) is 4.79 Å². The Morgan fingerprint density at radius 1 is 0.383 bits per heavy atom. The summed E-state index contributed by atoms with van der Waals surface area (Å²) in [6.07, 6.45) is 67.7. The van der Waals surface area contributed by atoms with Crippen LogP contribution in [0, 0.1) is 0 Å². The molecule has 0 saturated carbocycles. The number of carbonyl (C=O) groups excluding carboxylic acids is 1. The van der Waals surface area contributed by atoms with Gasteiger partial charge < -0.3 is 15.5 Å². The summed E-state index contributed by atoms with van der Waals surface area (Å²) in [5.74, 6) is -0.0244. The summed E-state index contributed by atoms with van der Waals surface area (Å²) in [4.78, 5) is 12.5. The van der Waals surface area contributed by atoms with Crippen molar-refractivity contribution in [2.24, 2.45) is 0 Å². The van der Waals surface area contributed by atoms with E-state index in [4.69, 9.17) is 0 Å². The Labute approximate surface area is 377 Å². The third-order valence-electron chi connectivity index (χ3n) is 13.3. The Morgan fingerprint density at radius 2 is 0.633 bits per heavy atom. The van der Waals surface area contributed by atoms with Crippen LogP contribution >= 0.6 is 0 Å². The molecule has 3 N–H and O–H groups in total. The topological polar surface area (TPSA) is 69.6 Å². The highest BCUT2D eigenvalue weighted by Crippen LogP contribution is 2.18. The molecule has 0 bridgehead atoms. The molecule has 0 spiro atoms. The smallest absolute Gasteiger partial charge is 0.220 e. The zero-order valence-electron chi connectivity index (χ0n) is 41.3. The quantitative estimate of drug-likeness (QED) is 0.0422. The van der Waals surface area contributed by atoms with Crippen molar-refractivity contribution < 1.29 is 15.0 Å². The van der Waals surface area contributed by atoms with E-state index < -0.39 is 12.1 Å². The molecule has 0 aromatic heterocycles. The van der Waals surface area contributed by atoms with Crippen molar-refractivity contribution in [3.05, 3.63) is 12.2 Å². The normalized spacial score (nSPS) is 12.8. The van der Waals surface area contributed by atoms with E-state index in [1.807, 2.05) is 0 Å². The average Bonchev–Trinajstić information content (AvgIpc) is 3.25. The maximum Gasteiger partial charge on any atom is 0.220 e. The van der Waals surface area contributed by atoms with Crippen LogP contribution in [0.1, 0.15) is 322 Å². The first kappa shape index (κ1) is 59.1. The minimum absolute atomic E-state index is 0.0244. The molecule has 2 atom stereocenters. The molecule has 0 aromatic carbocycles. The van der Waals surface area contributed by atoms with Crippen LogP contribution < -0.4 is 5.32 Å². The lowest BCUT2D eigenvalue weighted by molar-refractivity contribution is -0.123. The molecule has 0 fully saturated rings. The fourth-order valence-electron chi connectivity index (χ4n) is 9.01. The lowest BCUT2D eigenvalue weighted by Crippen LogP contribution is -2.45. The van der Waals surface area contributed by atoms with E-state index in [-0.39, 0.29) is 12.5 Å². The molecular formula is C56H111NO3. The van der Waals surface area contributed by atoms with E-state index in [1.54, 1.807) is 0 Å². The van der Waals surface area contributed by atoms with Crippen LogP contribution in [0.4, 0.5) is 0 Å². The van der Waals surface area contributed by atoms with Crippen molar-refractivity contribution in [3.63, 3.8) is 0 Å². The number of carbonyl (C=O) groups is 1. The van der Waals surface area contributed by atoms with Crippen LogP contribution in [0.15, 0.2) is 12.2 Å². The van der Waals surface area contributed by atoms with Crippen LogP contribution in [0.3, 0.4) is 0 Å². The maximum absolute atomic E-state index is 12.5. The van der Waals surface area contributed by atoms with Crippen molar-refractivity contribution in [2.45, 2.75) is 334 Å². The molecule has 0 aromatic rings. The van der Waals surface area contributed by atoms with Gasteiger partial charge in [0.25, 0.3) is 0 Å². The van der Waals surface area contributed by atoms with E-state index in [2.05, 4.69) is 31.3 Å². The van der Waals surface area contributed by atoms with Gasteiger partial charge in [0.2, 0.25) is 5.91 Å². The first-order valence-corrected chi connectivity index (χ1v) is 27.9. The van der Waals surface area contributed by atoms with Gasteiger partial charge in [-0.2, -0.15) is 0 Å². The third kappa shape index (κ3) is 48.2. The monoisotopic (exact) mass is 846 g/mol. The number of allylic oxidation sites excluding steroid dienone is 2. The van der Waals surface area contributed by atoms with E-state index in [0.29, 0.717) is 12.8 Å². The van der Waals surface area contributed by atoms with Crippen LogP contribution in [0.5, 0.6) is 0 Å². The van der Waals surface area contributed by atoms with Crippen LogP contribution in [0.25, 0.3) is 0 Å². The summed E-state index contributed by atoms with van der Waals surface area (Å²) < 4.78 is 0. The standard InChI is InChI=1S/C56H111NO3/c1-3-5-7-9-11-13-15-17-19-21-23-25-26-27-28-29-30-32-34-36-38-40-42-44-46-48-50-52-56(60)57-54(53-58)55(59)51-49-47-45-43-41-39-37-35-33-31-24-22-20-18-16-14-12-10-8-6-4-2/h21,23,54-55,58-59H,3-20,22,24-53H2,1-2H3,(H,57,60)/b23-21-. The number of aliphatic hydroxyl groups excluding tert-OH is 2. The van der Waals surface area contributed by atoms with Gasteiger partial charge in [0.05, 0.1) is 18.8 Å². The fraction of sp³-hybridized carbons (Fsp3) is 0.946. The summed E-state index contributed by atoms with van der Waals surface area (Å²) in [6.45, 7) is 4.40. The highest BCUT2D eigenvalue weighted by molar-refractivity contribution is 5.76. The highest BCUT2D eigenvalue weighted by Gasteiger charge is 2.20. The third-order valence-corrected chi connectivity index (χ3v) is 13.3. The maximum atomic E-state index is 12.5. The van der Waals surface area contributed by atoms with E-state index in [1.165, 1.54) is 270 Å². The molecule has 4 heteroatoms. The Hall–Kier alpha value is -0.870. The van der Waals surface area contributed by atoms with Crippen molar-refractivity contribution in [1.82, 2.24) is 5.32 Å². The molecule has 2 unspecified atom stereocenters. The number of hydrogen-bond donors (Lipinski definition) is 3. The van der Waals surface area contributed by atoms with Crippen molar-refractivity contribution in [2.75, 3.05) is 6.61 Å². The largest absolute Gasteiger partial charge is 0.394 e. The Bertz CT molecular complexity index is 829. The minimum Gasteiger partial charge on any atom is -0.394 e. The lowest BCUT2D eigenvalue weighted by Gasteiger charge is -2.22. The predicted molar refractivity (Wildman–Crippen MR) is 267 cm³/mol. The van der Waals surface area contributed by atoms with E-state index in [0.717, 1.165) is 25.7 Å². The molecule has 0 aliphatic heterocycles. The number of unbranched alkanes of at least 4 members (excludes halogenated alkanes) is 43.